The molecule has 0 aliphatic carbocycles. The van der Waals surface area contributed by atoms with E-state index >= 15 is 0 Å². The molecule has 1 heterocycles. The summed E-state index contributed by atoms with van der Waals surface area (Å²) >= 11 is 0. The van der Waals surface area contributed by atoms with Gasteiger partial charge in [-0.3, -0.25) is 4.79 Å². The van der Waals surface area contributed by atoms with Crippen LogP contribution >= 0.6 is 0 Å². The van der Waals surface area contributed by atoms with E-state index < -0.39 is 0 Å². The minimum Gasteiger partial charge on any atom is -0.426 e. The van der Waals surface area contributed by atoms with Crippen LogP contribution in [0.25, 0.3) is 10.8 Å². The summed E-state index contributed by atoms with van der Waals surface area (Å²) < 4.78 is 5.66. The maximum absolute atomic E-state index is 12.4. The van der Waals surface area contributed by atoms with E-state index in [-0.39, 0.29) is 11.9 Å². The van der Waals surface area contributed by atoms with Crippen molar-refractivity contribution in [1.82, 2.24) is 0 Å². The van der Waals surface area contributed by atoms with E-state index in [1.165, 1.54) is 59.6 Å². The van der Waals surface area contributed by atoms with Crippen LogP contribution in [0.1, 0.15) is 111 Å². The van der Waals surface area contributed by atoms with Gasteiger partial charge in [-0.15, -0.1) is 0 Å². The summed E-state index contributed by atoms with van der Waals surface area (Å²) in [4.78, 5) is 12.4. The van der Waals surface area contributed by atoms with Crippen LogP contribution in [-0.2, 0) is 4.79 Å². The van der Waals surface area contributed by atoms with Crippen LogP contribution in [-0.4, -0.2) is 5.97 Å². The van der Waals surface area contributed by atoms with Crippen LogP contribution in [0, 0.1) is 23.7 Å². The first-order valence-electron chi connectivity index (χ1n) is 15.5. The van der Waals surface area contributed by atoms with Crippen molar-refractivity contribution in [2.75, 3.05) is 0 Å². The fourth-order valence-corrected chi connectivity index (χ4v) is 6.21. The van der Waals surface area contributed by atoms with Gasteiger partial charge in [0.25, 0.3) is 0 Å². The monoisotopic (exact) mass is 528 g/mol. The number of esters is 1. The molecule has 2 nitrogen and oxygen atoms in total. The summed E-state index contributed by atoms with van der Waals surface area (Å²) in [5, 5.41) is 2.46. The Kier molecular flexibility index (Phi) is 12.1. The van der Waals surface area contributed by atoms with Crippen molar-refractivity contribution >= 4 is 16.7 Å². The first-order chi connectivity index (χ1) is 18.7. The van der Waals surface area contributed by atoms with Crippen molar-refractivity contribution in [2.45, 2.75) is 106 Å². The molecule has 0 N–H and O–H groups in total. The molecule has 1 aliphatic heterocycles. The Balaban J connectivity index is 1.58. The van der Waals surface area contributed by atoms with Crippen LogP contribution in [0.15, 0.2) is 71.8 Å². The van der Waals surface area contributed by atoms with Gasteiger partial charge in [-0.25, -0.2) is 0 Å². The van der Waals surface area contributed by atoms with Crippen LogP contribution in [0.2, 0.25) is 0 Å². The highest BCUT2D eigenvalue weighted by Crippen LogP contribution is 2.43. The minimum atomic E-state index is -0.0891. The van der Waals surface area contributed by atoms with Gasteiger partial charge in [0.2, 0.25) is 0 Å². The normalized spacial score (nSPS) is 19.6. The van der Waals surface area contributed by atoms with Gasteiger partial charge >= 0.3 is 5.97 Å². The number of rotatable bonds is 14. The summed E-state index contributed by atoms with van der Waals surface area (Å²) in [6.07, 6.45) is 17.9. The fourth-order valence-electron chi connectivity index (χ4n) is 6.21. The summed E-state index contributed by atoms with van der Waals surface area (Å²) in [6.45, 7) is 16.2. The highest BCUT2D eigenvalue weighted by molar-refractivity contribution is 5.91. The topological polar surface area (TPSA) is 26.3 Å². The second-order valence-corrected chi connectivity index (χ2v) is 12.2. The number of ether oxygens (including phenoxy) is 1. The molecular formula is C37H52O2. The van der Waals surface area contributed by atoms with Crippen molar-refractivity contribution < 1.29 is 9.53 Å². The average Bonchev–Trinajstić information content (AvgIpc) is 2.93. The lowest BCUT2D eigenvalue weighted by atomic mass is 9.77. The Hall–Kier alpha value is -2.61. The molecule has 0 bridgehead atoms. The molecule has 39 heavy (non-hydrogen) atoms. The highest BCUT2D eigenvalue weighted by atomic mass is 16.5. The van der Waals surface area contributed by atoms with E-state index in [1.54, 1.807) is 0 Å². The number of benzene rings is 2. The molecule has 5 unspecified atom stereocenters. The third-order valence-electron chi connectivity index (χ3n) is 9.33. The van der Waals surface area contributed by atoms with E-state index in [2.05, 4.69) is 103 Å². The Labute approximate surface area is 238 Å². The lowest BCUT2D eigenvalue weighted by Gasteiger charge is -2.30. The molecule has 0 amide bonds. The quantitative estimate of drug-likeness (QED) is 0.138. The summed E-state index contributed by atoms with van der Waals surface area (Å²) in [7, 11) is 0. The number of carbonyl (C=O) groups excluding carboxylic acids is 1. The molecule has 2 aromatic rings. The summed E-state index contributed by atoms with van der Waals surface area (Å²) in [5.41, 5.74) is 4.14. The highest BCUT2D eigenvalue weighted by Gasteiger charge is 2.31. The number of carbonyl (C=O) groups is 1. The Morgan fingerprint density at radius 1 is 0.949 bits per heavy atom. The first-order valence-corrected chi connectivity index (χ1v) is 15.5. The van der Waals surface area contributed by atoms with Crippen LogP contribution in [0.5, 0.6) is 5.75 Å². The van der Waals surface area contributed by atoms with E-state index in [1.807, 2.05) is 6.07 Å². The second kappa shape index (κ2) is 15.2. The molecule has 1 aliphatic rings. The van der Waals surface area contributed by atoms with Gasteiger partial charge in [0.15, 0.2) is 0 Å². The van der Waals surface area contributed by atoms with E-state index in [9.17, 15) is 4.79 Å². The van der Waals surface area contributed by atoms with Gasteiger partial charge < -0.3 is 4.74 Å². The average molecular weight is 529 g/mol. The predicted octanol–water partition coefficient (Wildman–Crippen LogP) is 11.0. The molecule has 5 atom stereocenters. The van der Waals surface area contributed by atoms with Gasteiger partial charge in [-0.1, -0.05) is 126 Å². The van der Waals surface area contributed by atoms with E-state index in [0.717, 1.165) is 24.5 Å². The van der Waals surface area contributed by atoms with E-state index in [4.69, 9.17) is 4.74 Å². The van der Waals surface area contributed by atoms with Gasteiger partial charge in [0.05, 0.1) is 6.42 Å². The molecule has 212 valence electrons. The number of allylic oxidation sites excluding steroid dienone is 6. The van der Waals surface area contributed by atoms with Crippen LogP contribution in [0.3, 0.4) is 0 Å². The van der Waals surface area contributed by atoms with Gasteiger partial charge in [-0.2, -0.15) is 0 Å². The zero-order valence-electron chi connectivity index (χ0n) is 25.6. The predicted molar refractivity (Wildman–Crippen MR) is 168 cm³/mol. The molecule has 0 fully saturated rings. The number of hydrogen-bond acceptors (Lipinski definition) is 2. The maximum Gasteiger partial charge on any atom is 0.311 e. The van der Waals surface area contributed by atoms with Gasteiger partial charge in [0.1, 0.15) is 5.75 Å². The number of fused-ring (bicyclic) bond motifs is 3. The van der Waals surface area contributed by atoms with Crippen LogP contribution in [0.4, 0.5) is 0 Å². The first kappa shape index (κ1) is 30.9. The minimum absolute atomic E-state index is 0.0891. The van der Waals surface area contributed by atoms with Crippen molar-refractivity contribution in [3.8, 4) is 5.75 Å². The second-order valence-electron chi connectivity index (χ2n) is 12.2. The zero-order valence-corrected chi connectivity index (χ0v) is 25.6. The fraction of sp³-hybridized carbons (Fsp3) is 0.541. The molecule has 0 saturated carbocycles. The molecule has 2 heteroatoms. The maximum atomic E-state index is 12.4. The lowest BCUT2D eigenvalue weighted by molar-refractivity contribution is -0.136. The Morgan fingerprint density at radius 3 is 2.44 bits per heavy atom. The zero-order chi connectivity index (χ0) is 28.4. The van der Waals surface area contributed by atoms with Crippen molar-refractivity contribution in [1.29, 1.82) is 0 Å². The Bertz CT molecular complexity index is 1170. The van der Waals surface area contributed by atoms with Crippen molar-refractivity contribution in [3.05, 3.63) is 77.4 Å². The molecular weight excluding hydrogens is 476 g/mol. The Morgan fingerprint density at radius 2 is 1.69 bits per heavy atom. The molecule has 0 radical (unpaired) electrons. The SMILES string of the molecule is CCCC(CCCC(C)C(C)CC1CC(=O)Oc2ccc3ccccc3c21)C(C)C(C)=CC=CC=C(C)CC. The van der Waals surface area contributed by atoms with Crippen molar-refractivity contribution in [2.24, 2.45) is 23.7 Å². The third kappa shape index (κ3) is 8.69. The lowest BCUT2D eigenvalue weighted by Crippen LogP contribution is -2.23. The smallest absolute Gasteiger partial charge is 0.311 e. The van der Waals surface area contributed by atoms with E-state index in [0.29, 0.717) is 24.2 Å². The molecule has 0 aromatic heterocycles. The third-order valence-corrected chi connectivity index (χ3v) is 9.33. The van der Waals surface area contributed by atoms with Gasteiger partial charge in [-0.05, 0) is 79.5 Å². The number of hydrogen-bond donors (Lipinski definition) is 0. The van der Waals surface area contributed by atoms with Gasteiger partial charge in [0, 0.05) is 5.56 Å². The summed E-state index contributed by atoms with van der Waals surface area (Å²) in [6, 6.07) is 12.6. The molecule has 0 saturated heterocycles. The van der Waals surface area contributed by atoms with Crippen LogP contribution < -0.4 is 4.74 Å². The standard InChI is InChI=1S/C37H52O2/c1-8-15-31(30(7)28(5)17-11-10-16-26(3)9-2)20-14-18-27(4)29(6)24-33-25-36(38)39-35-23-22-32-19-12-13-21-34(32)37(33)35/h10-13,16-17,19,21-23,27,29-31,33H,8-9,14-15,18,20,24-25H2,1-7H3. The summed E-state index contributed by atoms with van der Waals surface area (Å²) in [5.74, 6) is 3.44. The molecule has 2 aromatic carbocycles. The van der Waals surface area contributed by atoms with Crippen molar-refractivity contribution in [3.63, 3.8) is 0 Å². The molecule has 0 spiro atoms. The largest absolute Gasteiger partial charge is 0.426 e. The molecule has 3 rings (SSSR count).